The Balaban J connectivity index is 2.07. The molecule has 0 spiro atoms. The number of carboxylic acids is 1. The first kappa shape index (κ1) is 15.7. The number of pyridine rings is 1. The third kappa shape index (κ3) is 6.53. The number of nitrogens with one attached hydrogen (secondary N) is 2. The molecule has 0 aromatic carbocycles. The zero-order valence-electron chi connectivity index (χ0n) is 10.8. The van der Waals surface area contributed by atoms with Crippen LogP contribution >= 0.6 is 0 Å². The number of nitrogens with zero attached hydrogens (tertiary/aromatic N) is 1. The topological polar surface area (TPSA) is 101 Å². The van der Waals surface area contributed by atoms with Gasteiger partial charge in [0.05, 0.1) is 6.54 Å². The molecule has 1 aromatic rings. The standard InChI is InChI=1S/C12H16FN3O4/c13-9-3-1-5-14-11(9)20-8-7-16-12(19)15-6-2-4-10(17)18/h1,3,5H,2,4,6-8H2,(H,17,18)(H2,15,16,19). The zero-order chi connectivity index (χ0) is 14.8. The molecule has 7 nitrogen and oxygen atoms in total. The van der Waals surface area contributed by atoms with Crippen LogP contribution in [0, 0.1) is 5.82 Å². The first-order valence-electron chi connectivity index (χ1n) is 6.06. The molecule has 0 atom stereocenters. The third-order valence-corrected chi connectivity index (χ3v) is 2.20. The molecule has 0 aliphatic rings. The fourth-order valence-electron chi connectivity index (χ4n) is 1.29. The normalized spacial score (nSPS) is 9.85. The van der Waals surface area contributed by atoms with Crippen LogP contribution in [0.1, 0.15) is 12.8 Å². The van der Waals surface area contributed by atoms with Gasteiger partial charge in [-0.25, -0.2) is 14.2 Å². The van der Waals surface area contributed by atoms with Gasteiger partial charge >= 0.3 is 12.0 Å². The Labute approximate surface area is 115 Å². The molecule has 0 saturated heterocycles. The van der Waals surface area contributed by atoms with Gasteiger partial charge in [-0.2, -0.15) is 0 Å². The number of rotatable bonds is 8. The van der Waals surface area contributed by atoms with Gasteiger partial charge in [-0.05, 0) is 18.6 Å². The summed E-state index contributed by atoms with van der Waals surface area (Å²) in [6.07, 6.45) is 1.77. The van der Waals surface area contributed by atoms with Crippen molar-refractivity contribution in [1.82, 2.24) is 15.6 Å². The van der Waals surface area contributed by atoms with Gasteiger partial charge in [0.15, 0.2) is 5.82 Å². The van der Waals surface area contributed by atoms with Crippen molar-refractivity contribution in [2.75, 3.05) is 19.7 Å². The Morgan fingerprint density at radius 2 is 2.10 bits per heavy atom. The second kappa shape index (κ2) is 8.68. The number of urea groups is 1. The molecule has 8 heteroatoms. The Bertz CT molecular complexity index is 456. The average molecular weight is 285 g/mol. The lowest BCUT2D eigenvalue weighted by Crippen LogP contribution is -2.38. The molecule has 110 valence electrons. The maximum absolute atomic E-state index is 13.1. The second-order valence-corrected chi connectivity index (χ2v) is 3.82. The van der Waals surface area contributed by atoms with E-state index in [2.05, 4.69) is 15.6 Å². The van der Waals surface area contributed by atoms with E-state index in [1.54, 1.807) is 0 Å². The van der Waals surface area contributed by atoms with Crippen molar-refractivity contribution >= 4 is 12.0 Å². The highest BCUT2D eigenvalue weighted by Gasteiger charge is 2.04. The Kier molecular flexibility index (Phi) is 6.80. The van der Waals surface area contributed by atoms with Gasteiger partial charge in [0.1, 0.15) is 6.61 Å². The Morgan fingerprint density at radius 1 is 1.35 bits per heavy atom. The molecule has 0 unspecified atom stereocenters. The number of carboxylic acid groups (broad SMARTS) is 1. The van der Waals surface area contributed by atoms with Crippen LogP contribution < -0.4 is 15.4 Å². The molecular formula is C12H16FN3O4. The quantitative estimate of drug-likeness (QED) is 0.612. The van der Waals surface area contributed by atoms with E-state index in [9.17, 15) is 14.0 Å². The second-order valence-electron chi connectivity index (χ2n) is 3.82. The smallest absolute Gasteiger partial charge is 0.314 e. The van der Waals surface area contributed by atoms with Crippen molar-refractivity contribution in [1.29, 1.82) is 0 Å². The highest BCUT2D eigenvalue weighted by Crippen LogP contribution is 2.10. The summed E-state index contributed by atoms with van der Waals surface area (Å²) in [4.78, 5) is 25.2. The summed E-state index contributed by atoms with van der Waals surface area (Å²) in [6.45, 7) is 0.533. The fraction of sp³-hybridized carbons (Fsp3) is 0.417. The number of hydrogen-bond acceptors (Lipinski definition) is 4. The van der Waals surface area contributed by atoms with Gasteiger partial charge in [0.25, 0.3) is 0 Å². The number of aliphatic carboxylic acids is 1. The van der Waals surface area contributed by atoms with Crippen molar-refractivity contribution in [2.45, 2.75) is 12.8 Å². The van der Waals surface area contributed by atoms with Gasteiger partial charge in [0.2, 0.25) is 5.88 Å². The van der Waals surface area contributed by atoms with Gasteiger partial charge in [-0.3, -0.25) is 4.79 Å². The molecule has 1 heterocycles. The molecule has 0 bridgehead atoms. The summed E-state index contributed by atoms with van der Waals surface area (Å²) >= 11 is 0. The van der Waals surface area contributed by atoms with Crippen LogP contribution in [-0.4, -0.2) is 41.8 Å². The van der Waals surface area contributed by atoms with E-state index in [0.29, 0.717) is 6.42 Å². The summed E-state index contributed by atoms with van der Waals surface area (Å²) in [5.74, 6) is -1.58. The molecular weight excluding hydrogens is 269 g/mol. The largest absolute Gasteiger partial charge is 0.481 e. The van der Waals surface area contributed by atoms with Crippen LogP contribution in [0.2, 0.25) is 0 Å². The maximum atomic E-state index is 13.1. The Morgan fingerprint density at radius 3 is 2.80 bits per heavy atom. The third-order valence-electron chi connectivity index (χ3n) is 2.20. The van der Waals surface area contributed by atoms with E-state index in [1.807, 2.05) is 0 Å². The van der Waals surface area contributed by atoms with Gasteiger partial charge in [-0.1, -0.05) is 0 Å². The summed E-state index contributed by atoms with van der Waals surface area (Å²) in [7, 11) is 0. The van der Waals surface area contributed by atoms with Crippen LogP contribution in [0.3, 0.4) is 0 Å². The monoisotopic (exact) mass is 285 g/mol. The number of halogens is 1. The predicted octanol–water partition coefficient (Wildman–Crippen LogP) is 0.764. The van der Waals surface area contributed by atoms with E-state index >= 15 is 0 Å². The van der Waals surface area contributed by atoms with Crippen molar-refractivity contribution in [3.05, 3.63) is 24.1 Å². The van der Waals surface area contributed by atoms with Crippen LogP contribution in [0.15, 0.2) is 18.3 Å². The first-order chi connectivity index (χ1) is 9.59. The van der Waals surface area contributed by atoms with Crippen molar-refractivity contribution in [2.24, 2.45) is 0 Å². The predicted molar refractivity (Wildman–Crippen MR) is 68.0 cm³/mol. The highest BCUT2D eigenvalue weighted by atomic mass is 19.1. The minimum atomic E-state index is -0.905. The number of amides is 2. The molecule has 20 heavy (non-hydrogen) atoms. The molecule has 0 aliphatic carbocycles. The lowest BCUT2D eigenvalue weighted by atomic mass is 10.3. The summed E-state index contributed by atoms with van der Waals surface area (Å²) < 4.78 is 18.1. The minimum Gasteiger partial charge on any atom is -0.481 e. The lowest BCUT2D eigenvalue weighted by molar-refractivity contribution is -0.137. The molecule has 0 aliphatic heterocycles. The van der Waals surface area contributed by atoms with E-state index < -0.39 is 17.8 Å². The molecule has 2 amide bonds. The van der Waals surface area contributed by atoms with Gasteiger partial charge in [-0.15, -0.1) is 0 Å². The molecule has 0 radical (unpaired) electrons. The van der Waals surface area contributed by atoms with Crippen LogP contribution in [0.25, 0.3) is 0 Å². The van der Waals surface area contributed by atoms with Gasteiger partial charge < -0.3 is 20.5 Å². The van der Waals surface area contributed by atoms with Crippen molar-refractivity contribution in [3.63, 3.8) is 0 Å². The van der Waals surface area contributed by atoms with E-state index in [0.717, 1.165) is 0 Å². The number of aromatic nitrogens is 1. The summed E-state index contributed by atoms with van der Waals surface area (Å²) in [5, 5.41) is 13.4. The minimum absolute atomic E-state index is 0.00233. The SMILES string of the molecule is O=C(O)CCCNC(=O)NCCOc1ncccc1F. The molecule has 0 saturated carbocycles. The first-order valence-corrected chi connectivity index (χ1v) is 6.06. The van der Waals surface area contributed by atoms with Crippen molar-refractivity contribution in [3.8, 4) is 5.88 Å². The van der Waals surface area contributed by atoms with Crippen LogP contribution in [0.4, 0.5) is 9.18 Å². The fourth-order valence-corrected chi connectivity index (χ4v) is 1.29. The van der Waals surface area contributed by atoms with Crippen LogP contribution in [0.5, 0.6) is 5.88 Å². The number of hydrogen-bond donors (Lipinski definition) is 3. The number of carbonyl (C=O) groups is 2. The highest BCUT2D eigenvalue weighted by molar-refractivity contribution is 5.73. The number of carbonyl (C=O) groups excluding carboxylic acids is 1. The molecule has 3 N–H and O–H groups in total. The van der Waals surface area contributed by atoms with Crippen LogP contribution in [-0.2, 0) is 4.79 Å². The van der Waals surface area contributed by atoms with Gasteiger partial charge in [0, 0.05) is 19.2 Å². The summed E-state index contributed by atoms with van der Waals surface area (Å²) in [6, 6.07) is 2.25. The number of ether oxygens (including phenoxy) is 1. The maximum Gasteiger partial charge on any atom is 0.314 e. The zero-order valence-corrected chi connectivity index (χ0v) is 10.8. The average Bonchev–Trinajstić information content (AvgIpc) is 2.41. The van der Waals surface area contributed by atoms with E-state index in [4.69, 9.17) is 9.84 Å². The molecule has 1 rings (SSSR count). The molecule has 0 fully saturated rings. The van der Waals surface area contributed by atoms with Crippen molar-refractivity contribution < 1.29 is 23.8 Å². The lowest BCUT2D eigenvalue weighted by Gasteiger charge is -2.08. The summed E-state index contributed by atoms with van der Waals surface area (Å²) in [5.41, 5.74) is 0. The van der Waals surface area contributed by atoms with E-state index in [-0.39, 0.29) is 32.0 Å². The Hall–Kier alpha value is -2.38. The molecule has 1 aromatic heterocycles. The van der Waals surface area contributed by atoms with E-state index in [1.165, 1.54) is 18.3 Å².